The van der Waals surface area contributed by atoms with E-state index in [0.717, 1.165) is 68.3 Å². The average molecular weight is 987 g/mol. The van der Waals surface area contributed by atoms with E-state index in [1.807, 2.05) is 49.8 Å². The van der Waals surface area contributed by atoms with Crippen LogP contribution in [0.15, 0.2) is 48.7 Å². The molecule has 2 aromatic heterocycles. The highest BCUT2D eigenvalue weighted by Gasteiger charge is 2.48. The molecule has 5 aliphatic heterocycles. The lowest BCUT2D eigenvalue weighted by Gasteiger charge is -2.39. The van der Waals surface area contributed by atoms with Gasteiger partial charge in [0.05, 0.1) is 73.6 Å². The van der Waals surface area contributed by atoms with Gasteiger partial charge in [-0.25, -0.2) is 19.6 Å². The second-order valence-electron chi connectivity index (χ2n) is 21.6. The third-order valence-corrected chi connectivity index (χ3v) is 16.7. The average Bonchev–Trinajstić information content (AvgIpc) is 4.15. The van der Waals surface area contributed by atoms with Gasteiger partial charge in [0.2, 0.25) is 11.8 Å². The van der Waals surface area contributed by atoms with Crippen LogP contribution in [0.1, 0.15) is 123 Å². The number of hydrogen-bond acceptors (Lipinski definition) is 11. The Hall–Kier alpha value is -6.20. The van der Waals surface area contributed by atoms with Crippen LogP contribution in [0.5, 0.6) is 5.75 Å². The van der Waals surface area contributed by atoms with Gasteiger partial charge in [0.1, 0.15) is 36.1 Å². The Kier molecular flexibility index (Phi) is 13.5. The maximum Gasteiger partial charge on any atom is 0.407 e. The van der Waals surface area contributed by atoms with Gasteiger partial charge in [-0.3, -0.25) is 9.59 Å². The normalized spacial score (nSPS) is 30.0. The number of likely N-dealkylation sites (tertiary alicyclic amines) is 2. The lowest BCUT2D eigenvalue weighted by molar-refractivity contribution is -0.141. The Morgan fingerprint density at radius 1 is 0.667 bits per heavy atom. The van der Waals surface area contributed by atoms with Crippen LogP contribution in [-0.2, 0) is 35.1 Å². The lowest BCUT2D eigenvalue weighted by Crippen LogP contribution is -2.55. The van der Waals surface area contributed by atoms with Crippen molar-refractivity contribution in [3.8, 4) is 28.1 Å². The number of aromatic amines is 2. The Morgan fingerprint density at radius 2 is 1.22 bits per heavy atom. The third kappa shape index (κ3) is 9.15. The molecule has 3 aromatic carbocycles. The van der Waals surface area contributed by atoms with E-state index in [0.29, 0.717) is 43.9 Å². The quantitative estimate of drug-likeness (QED) is 0.110. The summed E-state index contributed by atoms with van der Waals surface area (Å²) in [5, 5.41) is 7.80. The fourth-order valence-electron chi connectivity index (χ4n) is 12.8. The predicted octanol–water partition coefficient (Wildman–Crippen LogP) is 9.12. The minimum Gasteiger partial charge on any atom is -0.488 e. The monoisotopic (exact) mass is 987 g/mol. The lowest BCUT2D eigenvalue weighted by atomic mass is 9.85. The Labute approximate surface area is 420 Å². The number of nitrogens with one attached hydrogen (secondary N) is 4. The molecule has 384 valence electrons. The van der Waals surface area contributed by atoms with Gasteiger partial charge in [0.15, 0.2) is 0 Å². The van der Waals surface area contributed by atoms with Crippen LogP contribution in [0, 0.1) is 23.7 Å². The van der Waals surface area contributed by atoms with Crippen molar-refractivity contribution in [2.45, 2.75) is 161 Å². The van der Waals surface area contributed by atoms with E-state index in [2.05, 4.69) is 84.7 Å². The van der Waals surface area contributed by atoms with Crippen molar-refractivity contribution in [2.24, 2.45) is 23.7 Å². The van der Waals surface area contributed by atoms with Gasteiger partial charge in [0, 0.05) is 23.0 Å². The number of ether oxygens (including phenoxy) is 5. The van der Waals surface area contributed by atoms with Gasteiger partial charge in [-0.2, -0.15) is 0 Å². The van der Waals surface area contributed by atoms with Crippen LogP contribution >= 0.6 is 0 Å². The number of methoxy groups -OCH3 is 2. The van der Waals surface area contributed by atoms with E-state index in [4.69, 9.17) is 33.7 Å². The van der Waals surface area contributed by atoms with Crippen molar-refractivity contribution >= 4 is 45.8 Å². The summed E-state index contributed by atoms with van der Waals surface area (Å²) in [6.07, 6.45) is 4.45. The van der Waals surface area contributed by atoms with Crippen molar-refractivity contribution in [3.05, 3.63) is 65.9 Å². The number of imidazole rings is 2. The molecule has 72 heavy (non-hydrogen) atoms. The number of nitrogens with zero attached hydrogens (tertiary/aromatic N) is 4. The summed E-state index contributed by atoms with van der Waals surface area (Å²) in [4.78, 5) is 76.0. The minimum absolute atomic E-state index is 0.0397. The molecule has 12 atom stereocenters. The zero-order chi connectivity index (χ0) is 50.9. The zero-order valence-electron chi connectivity index (χ0n) is 43.1. The Morgan fingerprint density at radius 3 is 1.78 bits per heavy atom. The maximum absolute atomic E-state index is 14.8. The zero-order valence-corrected chi connectivity index (χ0v) is 43.1. The maximum atomic E-state index is 14.8. The van der Waals surface area contributed by atoms with Crippen molar-refractivity contribution in [1.29, 1.82) is 0 Å². The summed E-state index contributed by atoms with van der Waals surface area (Å²) in [6, 6.07) is 12.4. The summed E-state index contributed by atoms with van der Waals surface area (Å²) in [5.74, 6) is 2.08. The fourth-order valence-corrected chi connectivity index (χ4v) is 12.8. The highest BCUT2D eigenvalue weighted by atomic mass is 16.5. The van der Waals surface area contributed by atoms with Crippen molar-refractivity contribution < 1.29 is 42.9 Å². The van der Waals surface area contributed by atoms with E-state index in [9.17, 15) is 19.2 Å². The number of carbonyl (C=O) groups is 4. The minimum atomic E-state index is -0.771. The molecule has 7 heterocycles. The first kappa shape index (κ1) is 49.4. The molecule has 4 saturated heterocycles. The van der Waals surface area contributed by atoms with Crippen LogP contribution in [-0.4, -0.2) is 117 Å². The van der Waals surface area contributed by atoms with Crippen LogP contribution in [0.4, 0.5) is 9.59 Å². The number of aromatic nitrogens is 4. The largest absolute Gasteiger partial charge is 0.488 e. The van der Waals surface area contributed by atoms with E-state index in [1.54, 1.807) is 0 Å². The van der Waals surface area contributed by atoms with Crippen LogP contribution in [0.3, 0.4) is 0 Å². The molecular formula is C55H70N8O9. The first-order valence-corrected chi connectivity index (χ1v) is 25.9. The van der Waals surface area contributed by atoms with E-state index in [-0.39, 0.29) is 84.1 Å². The number of rotatable bonds is 9. The number of hydrogen-bond donors (Lipinski definition) is 4. The SMILES string of the molecule is COC(=O)N[C@H](C(=O)N1[C@@H](c2ncc(-c3ccc4c(c3)COc3cc5c(ccc6nc([C@@H]7C[C@H](C)[C@H](C)N7C(=O)[C@@H](NC(=O)OC)C7C[C@@H](C)O[C@H](C)C7)[nH]c65)cc3-4)[nH]2)C[C@@H](C)[C@H]1C)C1C[C@@H](C)O[C@H](C)C1. The number of H-pyrrole nitrogens is 2. The second-order valence-corrected chi connectivity index (χ2v) is 21.6. The molecule has 17 heteroatoms. The van der Waals surface area contributed by atoms with Crippen LogP contribution < -0.4 is 15.4 Å². The Bertz CT molecular complexity index is 2860. The standard InChI is InChI=1S/C55H70N8O9/c1-26-15-44(62(32(26)7)52(64)47(60-54(66)68-9)36-17-28(3)71-29(4)18-36)50-56-24-43(58-50)35-11-13-39-38(21-35)25-70-46-23-40-34(22-41(39)46)12-14-42-49(40)59-51(57-42)45-16-27(2)33(8)63(45)53(65)48(61-55(67)69-10)37-19-30(5)72-31(6)20-37/h11-14,21-24,26-33,36-37,44-45,47-48H,15-20,25H2,1-10H3,(H,56,58)(H,57,59)(H,60,66)(H,61,67)/t26-,27+,28-,29-,30-,31-,32-,33+,44-,45+,47+,48+/m1/s1. The highest BCUT2D eigenvalue weighted by Crippen LogP contribution is 2.46. The van der Waals surface area contributed by atoms with Crippen LogP contribution in [0.25, 0.3) is 44.2 Å². The molecule has 5 aromatic rings. The topological polar surface area (TPSA) is 202 Å². The first-order valence-electron chi connectivity index (χ1n) is 25.9. The van der Waals surface area contributed by atoms with E-state index < -0.39 is 24.3 Å². The highest BCUT2D eigenvalue weighted by molar-refractivity contribution is 6.07. The van der Waals surface area contributed by atoms with Gasteiger partial charge >= 0.3 is 12.2 Å². The molecule has 4 amide bonds. The second kappa shape index (κ2) is 19.7. The fraction of sp³-hybridized carbons (Fsp3) is 0.564. The summed E-state index contributed by atoms with van der Waals surface area (Å²) in [7, 11) is 2.64. The molecular weight excluding hydrogens is 917 g/mol. The number of alkyl carbamates (subject to hydrolysis) is 2. The molecule has 4 fully saturated rings. The summed E-state index contributed by atoms with van der Waals surface area (Å²) >= 11 is 0. The molecule has 17 nitrogen and oxygen atoms in total. The van der Waals surface area contributed by atoms with Gasteiger partial charge in [-0.1, -0.05) is 32.0 Å². The number of carbonyl (C=O) groups excluding carboxylic acids is 4. The van der Waals surface area contributed by atoms with Crippen molar-refractivity contribution in [1.82, 2.24) is 40.4 Å². The number of amides is 4. The molecule has 0 bridgehead atoms. The Balaban J connectivity index is 0.905. The molecule has 0 spiro atoms. The van der Waals surface area contributed by atoms with Gasteiger partial charge < -0.3 is 54.1 Å². The van der Waals surface area contributed by atoms with E-state index >= 15 is 0 Å². The molecule has 0 aliphatic carbocycles. The van der Waals surface area contributed by atoms with E-state index in [1.165, 1.54) is 14.2 Å². The predicted molar refractivity (Wildman–Crippen MR) is 271 cm³/mol. The molecule has 5 aliphatic rings. The van der Waals surface area contributed by atoms with Gasteiger partial charge in [-0.05, 0) is 150 Å². The van der Waals surface area contributed by atoms with Crippen molar-refractivity contribution in [2.75, 3.05) is 14.2 Å². The van der Waals surface area contributed by atoms with Crippen molar-refractivity contribution in [3.63, 3.8) is 0 Å². The van der Waals surface area contributed by atoms with Crippen LogP contribution in [0.2, 0.25) is 0 Å². The molecule has 0 radical (unpaired) electrons. The smallest absolute Gasteiger partial charge is 0.407 e. The summed E-state index contributed by atoms with van der Waals surface area (Å²) in [5.41, 5.74) is 6.55. The van der Waals surface area contributed by atoms with Gasteiger partial charge in [-0.15, -0.1) is 0 Å². The third-order valence-electron chi connectivity index (χ3n) is 16.7. The summed E-state index contributed by atoms with van der Waals surface area (Å²) in [6.45, 7) is 16.9. The molecule has 4 N–H and O–H groups in total. The number of benzene rings is 3. The van der Waals surface area contributed by atoms with Gasteiger partial charge in [0.25, 0.3) is 0 Å². The number of fused-ring (bicyclic) bond motifs is 6. The first-order chi connectivity index (χ1) is 34.5. The molecule has 10 rings (SSSR count). The molecule has 0 unspecified atom stereocenters. The summed E-state index contributed by atoms with van der Waals surface area (Å²) < 4.78 is 28.6. The molecule has 0 saturated carbocycles.